The summed E-state index contributed by atoms with van der Waals surface area (Å²) in [6, 6.07) is 27.7. The van der Waals surface area contributed by atoms with Crippen LogP contribution in [0.3, 0.4) is 0 Å². The Hall–Kier alpha value is -4.43. The van der Waals surface area contributed by atoms with Gasteiger partial charge < -0.3 is 20.4 Å². The molecule has 8 nitrogen and oxygen atoms in total. The summed E-state index contributed by atoms with van der Waals surface area (Å²) in [6.07, 6.45) is 1.12. The maximum absolute atomic E-state index is 12.9. The van der Waals surface area contributed by atoms with Crippen LogP contribution in [-0.4, -0.2) is 42.2 Å². The van der Waals surface area contributed by atoms with Crippen LogP contribution in [0.2, 0.25) is 0 Å². The zero-order valence-corrected chi connectivity index (χ0v) is 20.3. The van der Waals surface area contributed by atoms with Gasteiger partial charge in [0.1, 0.15) is 6.04 Å². The van der Waals surface area contributed by atoms with Crippen LogP contribution in [0, 0.1) is 0 Å². The highest BCUT2D eigenvalue weighted by Crippen LogP contribution is 2.16. The number of nitrogens with one attached hydrogen (secondary N) is 2. The number of aliphatic carboxylic acids is 2. The first-order chi connectivity index (χ1) is 17.3. The maximum Gasteiger partial charge on any atom is 0.328 e. The smallest absolute Gasteiger partial charge is 0.328 e. The van der Waals surface area contributed by atoms with Crippen molar-refractivity contribution < 1.29 is 24.6 Å². The number of anilines is 1. The predicted molar refractivity (Wildman–Crippen MR) is 139 cm³/mol. The van der Waals surface area contributed by atoms with Crippen molar-refractivity contribution in [2.75, 3.05) is 19.0 Å². The van der Waals surface area contributed by atoms with E-state index >= 15 is 0 Å². The summed E-state index contributed by atoms with van der Waals surface area (Å²) in [5, 5.41) is 22.1. The van der Waals surface area contributed by atoms with Crippen LogP contribution >= 0.6 is 0 Å². The standard InChI is InChI=1S/C24H27N3O.C4H4O4/c1-27(2)22-15-13-20(14-16-22)17-25-23(21-11-7-4-8-12-21)24(28)26-18-19-9-5-3-6-10-19;5-3(6)1-2-4(7)8/h3-16,23,25H,17-18H2,1-2H3,(H,26,28);1-2H,(H,5,6)(H,7,8). The molecule has 0 bridgehead atoms. The number of rotatable bonds is 10. The lowest BCUT2D eigenvalue weighted by Gasteiger charge is -2.19. The minimum Gasteiger partial charge on any atom is -0.478 e. The van der Waals surface area contributed by atoms with Gasteiger partial charge in [-0.25, -0.2) is 9.59 Å². The minimum absolute atomic E-state index is 0.0278. The third-order valence-corrected chi connectivity index (χ3v) is 5.04. The predicted octanol–water partition coefficient (Wildman–Crippen LogP) is 3.61. The molecular weight excluding hydrogens is 458 g/mol. The highest BCUT2D eigenvalue weighted by molar-refractivity contribution is 5.89. The van der Waals surface area contributed by atoms with Gasteiger partial charge >= 0.3 is 11.9 Å². The second kappa shape index (κ2) is 14.7. The van der Waals surface area contributed by atoms with E-state index in [1.807, 2.05) is 74.8 Å². The summed E-state index contributed by atoms with van der Waals surface area (Å²) in [5.74, 6) is -2.54. The van der Waals surface area contributed by atoms with E-state index in [1.54, 1.807) is 0 Å². The molecule has 0 saturated carbocycles. The SMILES string of the molecule is CN(C)c1ccc(CNC(C(=O)NCc2ccccc2)c2ccccc2)cc1.O=C(O)C=CC(=O)O. The molecule has 1 atom stereocenters. The van der Waals surface area contributed by atoms with Crippen molar-refractivity contribution in [2.45, 2.75) is 19.1 Å². The Kier molecular flexibility index (Phi) is 11.4. The fourth-order valence-electron chi connectivity index (χ4n) is 3.17. The fraction of sp³-hybridized carbons (Fsp3) is 0.179. The first-order valence-corrected chi connectivity index (χ1v) is 11.3. The van der Waals surface area contributed by atoms with E-state index in [0.717, 1.165) is 22.4 Å². The van der Waals surface area contributed by atoms with Crippen LogP contribution in [0.4, 0.5) is 5.69 Å². The number of amides is 1. The number of carboxylic acids is 2. The average Bonchev–Trinajstić information content (AvgIpc) is 2.88. The summed E-state index contributed by atoms with van der Waals surface area (Å²) in [6.45, 7) is 1.13. The largest absolute Gasteiger partial charge is 0.478 e. The van der Waals surface area contributed by atoms with Crippen LogP contribution < -0.4 is 15.5 Å². The normalized spacial score (nSPS) is 11.2. The van der Waals surface area contributed by atoms with Gasteiger partial charge in [-0.05, 0) is 28.8 Å². The van der Waals surface area contributed by atoms with Gasteiger partial charge in [0.15, 0.2) is 0 Å². The molecule has 3 aromatic rings. The van der Waals surface area contributed by atoms with E-state index in [4.69, 9.17) is 10.2 Å². The van der Waals surface area contributed by atoms with Crippen molar-refractivity contribution in [2.24, 2.45) is 0 Å². The van der Waals surface area contributed by atoms with Crippen molar-refractivity contribution in [3.8, 4) is 0 Å². The summed E-state index contributed by atoms with van der Waals surface area (Å²) >= 11 is 0. The molecule has 8 heteroatoms. The molecule has 3 aromatic carbocycles. The van der Waals surface area contributed by atoms with Crippen LogP contribution in [0.5, 0.6) is 0 Å². The van der Waals surface area contributed by atoms with Gasteiger partial charge in [0, 0.05) is 45.0 Å². The molecular formula is C28H31N3O5. The number of nitrogens with zero attached hydrogens (tertiary/aromatic N) is 1. The first-order valence-electron chi connectivity index (χ1n) is 11.3. The minimum atomic E-state index is -1.26. The van der Waals surface area contributed by atoms with Crippen molar-refractivity contribution in [3.63, 3.8) is 0 Å². The molecule has 0 heterocycles. The lowest BCUT2D eigenvalue weighted by Crippen LogP contribution is -2.37. The van der Waals surface area contributed by atoms with Crippen molar-refractivity contribution in [1.29, 1.82) is 0 Å². The molecule has 0 radical (unpaired) electrons. The second-order valence-electron chi connectivity index (χ2n) is 8.00. The van der Waals surface area contributed by atoms with Gasteiger partial charge in [0.05, 0.1) is 0 Å². The molecule has 1 unspecified atom stereocenters. The quantitative estimate of drug-likeness (QED) is 0.321. The number of carboxylic acid groups (broad SMARTS) is 2. The molecule has 188 valence electrons. The molecule has 1 amide bonds. The Morgan fingerprint density at radius 1 is 0.750 bits per heavy atom. The molecule has 0 spiro atoms. The zero-order chi connectivity index (χ0) is 26.3. The van der Waals surface area contributed by atoms with Crippen molar-refractivity contribution in [1.82, 2.24) is 10.6 Å². The first kappa shape index (κ1) is 27.8. The van der Waals surface area contributed by atoms with E-state index in [1.165, 1.54) is 0 Å². The van der Waals surface area contributed by atoms with Gasteiger partial charge in [0.2, 0.25) is 5.91 Å². The van der Waals surface area contributed by atoms with E-state index in [2.05, 4.69) is 39.8 Å². The fourth-order valence-corrected chi connectivity index (χ4v) is 3.17. The highest BCUT2D eigenvalue weighted by atomic mass is 16.4. The lowest BCUT2D eigenvalue weighted by atomic mass is 10.1. The van der Waals surface area contributed by atoms with E-state index in [-0.39, 0.29) is 5.91 Å². The van der Waals surface area contributed by atoms with E-state index < -0.39 is 18.0 Å². The number of benzene rings is 3. The van der Waals surface area contributed by atoms with Crippen molar-refractivity contribution >= 4 is 23.5 Å². The average molecular weight is 490 g/mol. The molecule has 0 saturated heterocycles. The Bertz CT molecular complexity index is 1110. The number of carbonyl (C=O) groups is 3. The van der Waals surface area contributed by atoms with Crippen molar-refractivity contribution in [3.05, 3.63) is 114 Å². The zero-order valence-electron chi connectivity index (χ0n) is 20.3. The van der Waals surface area contributed by atoms with Gasteiger partial charge in [-0.1, -0.05) is 72.8 Å². The summed E-state index contributed by atoms with van der Waals surface area (Å²) in [5.41, 5.74) is 4.34. The Labute approximate surface area is 210 Å². The van der Waals surface area contributed by atoms with Crippen LogP contribution in [-0.2, 0) is 27.5 Å². The van der Waals surface area contributed by atoms with E-state index in [9.17, 15) is 14.4 Å². The number of carbonyl (C=O) groups excluding carboxylic acids is 1. The second-order valence-corrected chi connectivity index (χ2v) is 8.00. The number of hydrogen-bond acceptors (Lipinski definition) is 5. The maximum atomic E-state index is 12.9. The number of hydrogen-bond donors (Lipinski definition) is 4. The third-order valence-electron chi connectivity index (χ3n) is 5.04. The van der Waals surface area contributed by atoms with Gasteiger partial charge in [-0.15, -0.1) is 0 Å². The topological polar surface area (TPSA) is 119 Å². The van der Waals surface area contributed by atoms with Crippen LogP contribution in [0.15, 0.2) is 97.1 Å². The van der Waals surface area contributed by atoms with Gasteiger partial charge in [-0.2, -0.15) is 0 Å². The van der Waals surface area contributed by atoms with Gasteiger partial charge in [-0.3, -0.25) is 10.1 Å². The molecule has 3 rings (SSSR count). The third kappa shape index (κ3) is 10.2. The van der Waals surface area contributed by atoms with Crippen LogP contribution in [0.1, 0.15) is 22.7 Å². The Morgan fingerprint density at radius 2 is 1.25 bits per heavy atom. The Morgan fingerprint density at radius 3 is 1.75 bits per heavy atom. The summed E-state index contributed by atoms with van der Waals surface area (Å²) in [7, 11) is 4.05. The molecule has 36 heavy (non-hydrogen) atoms. The van der Waals surface area contributed by atoms with Crippen LogP contribution in [0.25, 0.3) is 0 Å². The Balaban J connectivity index is 0.000000493. The van der Waals surface area contributed by atoms with Gasteiger partial charge in [0.25, 0.3) is 0 Å². The molecule has 0 aliphatic carbocycles. The molecule has 4 N–H and O–H groups in total. The monoisotopic (exact) mass is 489 g/mol. The molecule has 0 aromatic heterocycles. The summed E-state index contributed by atoms with van der Waals surface area (Å²) in [4.78, 5) is 34.1. The highest BCUT2D eigenvalue weighted by Gasteiger charge is 2.19. The van der Waals surface area contributed by atoms with E-state index in [0.29, 0.717) is 25.2 Å². The molecule has 0 aliphatic heterocycles. The summed E-state index contributed by atoms with van der Waals surface area (Å²) < 4.78 is 0. The molecule has 0 aliphatic rings. The molecule has 0 fully saturated rings. The lowest BCUT2D eigenvalue weighted by molar-refractivity contribution is -0.134.